The van der Waals surface area contributed by atoms with Gasteiger partial charge in [-0.2, -0.15) is 0 Å². The highest BCUT2D eigenvalue weighted by atomic mass is 16.5. The number of benzene rings is 2. The first-order valence-corrected chi connectivity index (χ1v) is 11.0. The minimum atomic E-state index is -1.07. The summed E-state index contributed by atoms with van der Waals surface area (Å²) in [4.78, 5) is 40.5. The maximum absolute atomic E-state index is 12.8. The second kappa shape index (κ2) is 12.0. The summed E-state index contributed by atoms with van der Waals surface area (Å²) in [5.74, 6) is -0.840. The quantitative estimate of drug-likeness (QED) is 0.447. The van der Waals surface area contributed by atoms with Gasteiger partial charge in [0.1, 0.15) is 5.75 Å². The molecule has 0 saturated carbocycles. The summed E-state index contributed by atoms with van der Waals surface area (Å²) in [6, 6.07) is 11.4. The van der Waals surface area contributed by atoms with E-state index in [9.17, 15) is 19.5 Å². The molecular weight excluding hydrogens is 440 g/mol. The van der Waals surface area contributed by atoms with E-state index in [1.54, 1.807) is 44.6 Å². The van der Waals surface area contributed by atoms with Crippen LogP contribution < -0.4 is 20.3 Å². The van der Waals surface area contributed by atoms with Crippen LogP contribution in [0.3, 0.4) is 0 Å². The molecule has 0 spiro atoms. The van der Waals surface area contributed by atoms with E-state index in [2.05, 4.69) is 20.4 Å². The number of carboxylic acids is 1. The van der Waals surface area contributed by atoms with Crippen molar-refractivity contribution in [1.29, 1.82) is 0 Å². The fourth-order valence-electron chi connectivity index (χ4n) is 3.68. The van der Waals surface area contributed by atoms with Crippen molar-refractivity contribution in [2.75, 3.05) is 70.3 Å². The van der Waals surface area contributed by atoms with Gasteiger partial charge in [-0.05, 0) is 42.5 Å². The predicted octanol–water partition coefficient (Wildman–Crippen LogP) is 1.53. The number of anilines is 2. The molecule has 1 saturated heterocycles. The van der Waals surface area contributed by atoms with E-state index < -0.39 is 5.97 Å². The van der Waals surface area contributed by atoms with Crippen molar-refractivity contribution in [2.45, 2.75) is 0 Å². The highest BCUT2D eigenvalue weighted by Crippen LogP contribution is 2.29. The normalized spacial score (nSPS) is 13.9. The molecule has 0 aliphatic carbocycles. The van der Waals surface area contributed by atoms with Crippen LogP contribution in [0.25, 0.3) is 0 Å². The van der Waals surface area contributed by atoms with Crippen LogP contribution >= 0.6 is 0 Å². The summed E-state index contributed by atoms with van der Waals surface area (Å²) in [7, 11) is 3.13. The molecule has 2 amide bonds. The summed E-state index contributed by atoms with van der Waals surface area (Å²) >= 11 is 0. The van der Waals surface area contributed by atoms with Crippen molar-refractivity contribution in [2.24, 2.45) is 0 Å². The second-order valence-corrected chi connectivity index (χ2v) is 7.83. The molecule has 10 heteroatoms. The number of carbonyl (C=O) groups is 3. The summed E-state index contributed by atoms with van der Waals surface area (Å²) < 4.78 is 10.1. The van der Waals surface area contributed by atoms with Crippen LogP contribution in [0.1, 0.15) is 20.7 Å². The van der Waals surface area contributed by atoms with Crippen LogP contribution in [0.5, 0.6) is 5.75 Å². The van der Waals surface area contributed by atoms with Crippen LogP contribution in [0.2, 0.25) is 0 Å². The lowest BCUT2D eigenvalue weighted by atomic mass is 10.1. The van der Waals surface area contributed by atoms with E-state index in [0.29, 0.717) is 62.9 Å². The number of carbonyl (C=O) groups excluding carboxylic acids is 2. The highest BCUT2D eigenvalue weighted by Gasteiger charge is 2.22. The Labute approximate surface area is 198 Å². The molecule has 0 unspecified atom stereocenters. The van der Waals surface area contributed by atoms with Crippen LogP contribution in [-0.4, -0.2) is 87.9 Å². The average molecular weight is 471 g/mol. The van der Waals surface area contributed by atoms with Gasteiger partial charge in [-0.15, -0.1) is 0 Å². The maximum atomic E-state index is 12.8. The molecule has 3 rings (SSSR count). The Bertz CT molecular complexity index is 1000. The fraction of sp³-hybridized carbons (Fsp3) is 0.375. The molecule has 34 heavy (non-hydrogen) atoms. The Morgan fingerprint density at radius 2 is 1.65 bits per heavy atom. The average Bonchev–Trinajstić information content (AvgIpc) is 2.84. The molecule has 0 atom stereocenters. The lowest BCUT2D eigenvalue weighted by Crippen LogP contribution is -2.50. The molecule has 1 aliphatic heterocycles. The zero-order valence-electron chi connectivity index (χ0n) is 19.4. The van der Waals surface area contributed by atoms with Gasteiger partial charge in [-0.25, -0.2) is 4.79 Å². The van der Waals surface area contributed by atoms with Gasteiger partial charge >= 0.3 is 5.97 Å². The lowest BCUT2D eigenvalue weighted by Gasteiger charge is -2.36. The number of hydrogen-bond donors (Lipinski definition) is 3. The van der Waals surface area contributed by atoms with E-state index in [4.69, 9.17) is 9.47 Å². The fourth-order valence-corrected chi connectivity index (χ4v) is 3.68. The number of nitrogens with zero attached hydrogens (tertiary/aromatic N) is 2. The van der Waals surface area contributed by atoms with Gasteiger partial charge in [-0.3, -0.25) is 14.5 Å². The third-order valence-electron chi connectivity index (χ3n) is 5.55. The van der Waals surface area contributed by atoms with E-state index in [0.717, 1.165) is 5.69 Å². The van der Waals surface area contributed by atoms with Crippen molar-refractivity contribution in [1.82, 2.24) is 10.2 Å². The van der Waals surface area contributed by atoms with Gasteiger partial charge in [0.05, 0.1) is 37.2 Å². The third kappa shape index (κ3) is 6.69. The van der Waals surface area contributed by atoms with Crippen LogP contribution in [0.15, 0.2) is 42.5 Å². The highest BCUT2D eigenvalue weighted by molar-refractivity contribution is 6.06. The monoisotopic (exact) mass is 470 g/mol. The molecular formula is C24H30N4O6. The summed E-state index contributed by atoms with van der Waals surface area (Å²) in [6.45, 7) is 3.82. The zero-order valence-corrected chi connectivity index (χ0v) is 19.4. The Morgan fingerprint density at radius 1 is 0.971 bits per heavy atom. The maximum Gasteiger partial charge on any atom is 0.335 e. The van der Waals surface area contributed by atoms with Crippen LogP contribution in [0.4, 0.5) is 11.4 Å². The number of ether oxygens (including phenoxy) is 2. The Kier molecular flexibility index (Phi) is 8.83. The molecule has 2 aromatic carbocycles. The molecule has 182 valence electrons. The van der Waals surface area contributed by atoms with Gasteiger partial charge in [0, 0.05) is 45.4 Å². The standard InChI is InChI=1S/C24H30N4O6/c1-33-14-9-25-22(29)16-27-10-12-28(13-11-27)21-8-5-18(24(31)32)15-20(21)26-23(30)17-3-6-19(34-2)7-4-17/h3-8,15H,9-14,16H2,1-2H3,(H,25,29)(H,26,30)(H,31,32). The van der Waals surface area contributed by atoms with Gasteiger partial charge in [0.25, 0.3) is 5.91 Å². The number of amides is 2. The molecule has 1 fully saturated rings. The number of rotatable bonds is 10. The molecule has 0 aromatic heterocycles. The summed E-state index contributed by atoms with van der Waals surface area (Å²) in [5, 5.41) is 15.1. The van der Waals surface area contributed by atoms with Gasteiger partial charge in [0.2, 0.25) is 5.91 Å². The molecule has 3 N–H and O–H groups in total. The number of aromatic carboxylic acids is 1. The first kappa shape index (κ1) is 25.0. The van der Waals surface area contributed by atoms with Crippen molar-refractivity contribution in [3.63, 3.8) is 0 Å². The van der Waals surface area contributed by atoms with Crippen molar-refractivity contribution < 1.29 is 29.0 Å². The largest absolute Gasteiger partial charge is 0.497 e. The van der Waals surface area contributed by atoms with Crippen molar-refractivity contribution in [3.05, 3.63) is 53.6 Å². The second-order valence-electron chi connectivity index (χ2n) is 7.83. The van der Waals surface area contributed by atoms with E-state index in [1.807, 2.05) is 0 Å². The topological polar surface area (TPSA) is 120 Å². The van der Waals surface area contributed by atoms with E-state index in [1.165, 1.54) is 12.1 Å². The minimum Gasteiger partial charge on any atom is -0.497 e. The smallest absolute Gasteiger partial charge is 0.335 e. The summed E-state index contributed by atoms with van der Waals surface area (Å²) in [5.41, 5.74) is 1.67. The number of piperazine rings is 1. The zero-order chi connectivity index (χ0) is 24.5. The molecule has 0 bridgehead atoms. The van der Waals surface area contributed by atoms with Crippen molar-refractivity contribution >= 4 is 29.2 Å². The Balaban J connectivity index is 1.69. The Hall–Kier alpha value is -3.63. The SMILES string of the molecule is COCCNC(=O)CN1CCN(c2ccc(C(=O)O)cc2NC(=O)c2ccc(OC)cc2)CC1. The van der Waals surface area contributed by atoms with Crippen molar-refractivity contribution in [3.8, 4) is 5.75 Å². The van der Waals surface area contributed by atoms with E-state index >= 15 is 0 Å². The Morgan fingerprint density at radius 3 is 2.26 bits per heavy atom. The van der Waals surface area contributed by atoms with E-state index in [-0.39, 0.29) is 17.4 Å². The van der Waals surface area contributed by atoms with Gasteiger partial charge in [0.15, 0.2) is 0 Å². The summed E-state index contributed by atoms with van der Waals surface area (Å²) in [6.07, 6.45) is 0. The third-order valence-corrected chi connectivity index (χ3v) is 5.55. The minimum absolute atomic E-state index is 0.0521. The molecule has 10 nitrogen and oxygen atoms in total. The number of methoxy groups -OCH3 is 2. The molecule has 0 radical (unpaired) electrons. The van der Waals surface area contributed by atoms with Crippen LogP contribution in [-0.2, 0) is 9.53 Å². The lowest BCUT2D eigenvalue weighted by molar-refractivity contribution is -0.122. The van der Waals surface area contributed by atoms with Gasteiger partial charge < -0.3 is 30.1 Å². The molecule has 1 aliphatic rings. The molecule has 2 aromatic rings. The first-order chi connectivity index (χ1) is 16.4. The first-order valence-electron chi connectivity index (χ1n) is 11.0. The number of hydrogen-bond acceptors (Lipinski definition) is 7. The van der Waals surface area contributed by atoms with Gasteiger partial charge in [-0.1, -0.05) is 0 Å². The molecule has 1 heterocycles. The number of carboxylic acid groups (broad SMARTS) is 1. The predicted molar refractivity (Wildman–Crippen MR) is 128 cm³/mol. The van der Waals surface area contributed by atoms with Crippen LogP contribution in [0, 0.1) is 0 Å². The number of nitrogens with one attached hydrogen (secondary N) is 2.